The molecule has 2 rings (SSSR count). The van der Waals surface area contributed by atoms with Crippen molar-refractivity contribution in [1.29, 1.82) is 0 Å². The van der Waals surface area contributed by atoms with E-state index in [-0.39, 0.29) is 17.8 Å². The lowest BCUT2D eigenvalue weighted by atomic mass is 10.1. The molecule has 0 saturated heterocycles. The highest BCUT2D eigenvalue weighted by atomic mass is 16.6. The number of hydrogen-bond donors (Lipinski definition) is 1. The summed E-state index contributed by atoms with van der Waals surface area (Å²) in [6, 6.07) is 6.27. The number of carbonyl (C=O) groups is 1. The van der Waals surface area contributed by atoms with Crippen molar-refractivity contribution in [3.05, 3.63) is 45.5 Å². The molecule has 124 valence electrons. The molecule has 1 aromatic carbocycles. The number of nitrogens with zero attached hydrogens (tertiary/aromatic N) is 2. The monoisotopic (exact) mass is 317 g/mol. The van der Waals surface area contributed by atoms with Crippen molar-refractivity contribution in [3.8, 4) is 0 Å². The molecule has 0 radical (unpaired) electrons. The third kappa shape index (κ3) is 3.70. The summed E-state index contributed by atoms with van der Waals surface area (Å²) in [7, 11) is 0. The zero-order chi connectivity index (χ0) is 17.1. The molecule has 0 saturated carbocycles. The number of benzene rings is 1. The van der Waals surface area contributed by atoms with Gasteiger partial charge in [0, 0.05) is 29.9 Å². The molecule has 1 aliphatic rings. The van der Waals surface area contributed by atoms with Crippen molar-refractivity contribution in [2.24, 2.45) is 5.92 Å². The number of hydrogen-bond acceptors (Lipinski definition) is 4. The Morgan fingerprint density at radius 3 is 2.39 bits per heavy atom. The van der Waals surface area contributed by atoms with Crippen LogP contribution in [0.4, 0.5) is 11.4 Å². The van der Waals surface area contributed by atoms with Crippen LogP contribution in [0.5, 0.6) is 0 Å². The first-order valence-corrected chi connectivity index (χ1v) is 7.80. The van der Waals surface area contributed by atoms with Crippen LogP contribution in [0.15, 0.2) is 35.4 Å². The first kappa shape index (κ1) is 17.0. The van der Waals surface area contributed by atoms with Crippen LogP contribution in [-0.4, -0.2) is 28.4 Å². The number of rotatable bonds is 6. The Morgan fingerprint density at radius 1 is 1.26 bits per heavy atom. The van der Waals surface area contributed by atoms with Gasteiger partial charge in [-0.1, -0.05) is 13.8 Å². The minimum atomic E-state index is -0.423. The largest absolute Gasteiger partial charge is 0.362 e. The molecule has 23 heavy (non-hydrogen) atoms. The number of carbonyl (C=O) groups excluding carboxylic acids is 1. The Kier molecular flexibility index (Phi) is 5.03. The van der Waals surface area contributed by atoms with E-state index in [9.17, 15) is 14.9 Å². The predicted molar refractivity (Wildman–Crippen MR) is 90.0 cm³/mol. The molecule has 1 N–H and O–H groups in total. The minimum Gasteiger partial charge on any atom is -0.362 e. The fourth-order valence-corrected chi connectivity index (χ4v) is 2.59. The molecular weight excluding hydrogens is 294 g/mol. The maximum absolute atomic E-state index is 12.4. The van der Waals surface area contributed by atoms with Crippen molar-refractivity contribution in [1.82, 2.24) is 4.90 Å². The van der Waals surface area contributed by atoms with Crippen molar-refractivity contribution in [2.75, 3.05) is 11.9 Å². The van der Waals surface area contributed by atoms with Gasteiger partial charge in [-0.15, -0.1) is 0 Å². The van der Waals surface area contributed by atoms with E-state index < -0.39 is 4.92 Å². The third-order valence-corrected chi connectivity index (χ3v) is 4.22. The van der Waals surface area contributed by atoms with Gasteiger partial charge in [-0.25, -0.2) is 0 Å². The van der Waals surface area contributed by atoms with Gasteiger partial charge in [-0.05, 0) is 43.9 Å². The topological polar surface area (TPSA) is 75.5 Å². The Hall–Kier alpha value is -2.37. The average molecular weight is 317 g/mol. The number of amides is 1. The second-order valence-corrected chi connectivity index (χ2v) is 6.34. The molecule has 0 bridgehead atoms. The molecule has 1 heterocycles. The number of nitrogens with one attached hydrogen (secondary N) is 1. The first-order valence-electron chi connectivity index (χ1n) is 7.80. The van der Waals surface area contributed by atoms with Crippen LogP contribution < -0.4 is 5.32 Å². The molecule has 0 spiro atoms. The zero-order valence-electron chi connectivity index (χ0n) is 14.0. The molecule has 6 nitrogen and oxygen atoms in total. The van der Waals surface area contributed by atoms with E-state index in [1.807, 2.05) is 18.7 Å². The van der Waals surface area contributed by atoms with Crippen molar-refractivity contribution < 1.29 is 9.72 Å². The van der Waals surface area contributed by atoms with Crippen LogP contribution in [0.1, 0.15) is 34.1 Å². The summed E-state index contributed by atoms with van der Waals surface area (Å²) >= 11 is 0. The Bertz CT molecular complexity index is 635. The summed E-state index contributed by atoms with van der Waals surface area (Å²) in [6.07, 6.45) is 0.743. The smallest absolute Gasteiger partial charge is 0.269 e. The van der Waals surface area contributed by atoms with Gasteiger partial charge in [0.2, 0.25) is 0 Å². The van der Waals surface area contributed by atoms with Crippen LogP contribution in [0.2, 0.25) is 0 Å². The minimum absolute atomic E-state index is 0.0538. The van der Waals surface area contributed by atoms with E-state index in [4.69, 9.17) is 0 Å². The van der Waals surface area contributed by atoms with Gasteiger partial charge in [0.1, 0.15) is 6.17 Å². The molecular formula is C17H23N3O3. The molecule has 0 aromatic heterocycles. The highest BCUT2D eigenvalue weighted by Crippen LogP contribution is 2.28. The number of nitro benzene ring substituents is 1. The Morgan fingerprint density at radius 2 is 1.87 bits per heavy atom. The molecule has 1 aromatic rings. The lowest BCUT2D eigenvalue weighted by Crippen LogP contribution is -2.41. The van der Waals surface area contributed by atoms with E-state index in [2.05, 4.69) is 19.2 Å². The molecule has 1 aliphatic heterocycles. The summed E-state index contributed by atoms with van der Waals surface area (Å²) in [4.78, 5) is 24.5. The van der Waals surface area contributed by atoms with Gasteiger partial charge in [0.25, 0.3) is 11.6 Å². The SMILES string of the molecule is CC1=C(C)C(Nc2ccc([N+](=O)[O-])cc2)N(CCC(C)C)C1=O. The summed E-state index contributed by atoms with van der Waals surface area (Å²) in [5.74, 6) is 0.576. The summed E-state index contributed by atoms with van der Waals surface area (Å²) in [5.41, 5.74) is 2.58. The van der Waals surface area contributed by atoms with Gasteiger partial charge >= 0.3 is 0 Å². The fourth-order valence-electron chi connectivity index (χ4n) is 2.59. The van der Waals surface area contributed by atoms with Gasteiger partial charge in [0.05, 0.1) is 4.92 Å². The van der Waals surface area contributed by atoms with Crippen molar-refractivity contribution >= 4 is 17.3 Å². The van der Waals surface area contributed by atoms with Crippen molar-refractivity contribution in [2.45, 2.75) is 40.3 Å². The summed E-state index contributed by atoms with van der Waals surface area (Å²) in [5, 5.41) is 14.0. The van der Waals surface area contributed by atoms with E-state index in [1.165, 1.54) is 12.1 Å². The lowest BCUT2D eigenvalue weighted by Gasteiger charge is -2.28. The summed E-state index contributed by atoms with van der Waals surface area (Å²) < 4.78 is 0. The van der Waals surface area contributed by atoms with Crippen LogP contribution >= 0.6 is 0 Å². The number of anilines is 1. The Balaban J connectivity index is 2.17. The second-order valence-electron chi connectivity index (χ2n) is 6.34. The summed E-state index contributed by atoms with van der Waals surface area (Å²) in [6.45, 7) is 8.75. The predicted octanol–water partition coefficient (Wildman–Crippen LogP) is 3.56. The second kappa shape index (κ2) is 6.81. The van der Waals surface area contributed by atoms with E-state index in [0.717, 1.165) is 23.3 Å². The van der Waals surface area contributed by atoms with Gasteiger partial charge < -0.3 is 10.2 Å². The fraction of sp³-hybridized carbons (Fsp3) is 0.471. The average Bonchev–Trinajstić information content (AvgIpc) is 2.70. The first-order chi connectivity index (χ1) is 10.8. The molecule has 6 heteroatoms. The highest BCUT2D eigenvalue weighted by molar-refractivity contribution is 5.97. The standard InChI is InChI=1S/C17H23N3O3/c1-11(2)9-10-19-16(12(3)13(4)17(19)21)18-14-5-7-15(8-6-14)20(22)23/h5-8,11,16,18H,9-10H2,1-4H3. The highest BCUT2D eigenvalue weighted by Gasteiger charge is 2.34. The Labute approximate surface area is 136 Å². The van der Waals surface area contributed by atoms with Crippen molar-refractivity contribution in [3.63, 3.8) is 0 Å². The molecule has 1 unspecified atom stereocenters. The maximum atomic E-state index is 12.4. The molecule has 0 aliphatic carbocycles. The van der Waals surface area contributed by atoms with Crippen LogP contribution in [0, 0.1) is 16.0 Å². The van der Waals surface area contributed by atoms with E-state index >= 15 is 0 Å². The molecule has 1 amide bonds. The van der Waals surface area contributed by atoms with Crippen LogP contribution in [0.3, 0.4) is 0 Å². The quantitative estimate of drug-likeness (QED) is 0.643. The lowest BCUT2D eigenvalue weighted by molar-refractivity contribution is -0.384. The third-order valence-electron chi connectivity index (χ3n) is 4.22. The van der Waals surface area contributed by atoms with Crippen LogP contribution in [-0.2, 0) is 4.79 Å². The normalized spacial score (nSPS) is 18.0. The maximum Gasteiger partial charge on any atom is 0.269 e. The molecule has 0 fully saturated rings. The molecule has 1 atom stereocenters. The zero-order valence-corrected chi connectivity index (χ0v) is 14.0. The van der Waals surface area contributed by atoms with Crippen LogP contribution in [0.25, 0.3) is 0 Å². The van der Waals surface area contributed by atoms with Gasteiger partial charge in [0.15, 0.2) is 0 Å². The number of non-ortho nitro benzene ring substituents is 1. The number of nitro groups is 1. The van der Waals surface area contributed by atoms with Gasteiger partial charge in [-0.2, -0.15) is 0 Å². The van der Waals surface area contributed by atoms with E-state index in [1.54, 1.807) is 12.1 Å². The van der Waals surface area contributed by atoms with Gasteiger partial charge in [-0.3, -0.25) is 14.9 Å². The van der Waals surface area contributed by atoms with E-state index in [0.29, 0.717) is 12.5 Å².